The van der Waals surface area contributed by atoms with Gasteiger partial charge < -0.3 is 5.32 Å². The van der Waals surface area contributed by atoms with Crippen molar-refractivity contribution in [2.45, 2.75) is 26.3 Å². The Morgan fingerprint density at radius 2 is 1.96 bits per heavy atom. The molecule has 1 N–H and O–H groups in total. The number of hydrogen-bond acceptors (Lipinski definition) is 4. The van der Waals surface area contributed by atoms with Crippen LogP contribution in [0.15, 0.2) is 53.4 Å². The molecule has 0 aliphatic heterocycles. The predicted octanol–water partition coefficient (Wildman–Crippen LogP) is 5.73. The molecule has 0 unspecified atom stereocenters. The van der Waals surface area contributed by atoms with Gasteiger partial charge in [0.2, 0.25) is 0 Å². The Morgan fingerprint density at radius 1 is 1.08 bits per heavy atom. The molecule has 4 rings (SSSR count). The standard InChI is InChI=1S/C21H19N3S2/c1-21(2,3)23-20-19(22-18-6-4-5-12-24(18)20)17-10-9-16(26-17)8-7-15-11-13-25-14-15/h4-6,9-14,23H,1-3H3. The molecule has 0 bridgehead atoms. The first-order chi connectivity index (χ1) is 12.5. The monoisotopic (exact) mass is 377 g/mol. The van der Waals surface area contributed by atoms with E-state index >= 15 is 0 Å². The summed E-state index contributed by atoms with van der Waals surface area (Å²) in [5, 5.41) is 7.72. The van der Waals surface area contributed by atoms with Crippen LogP contribution in [0.3, 0.4) is 0 Å². The molecule has 0 aromatic carbocycles. The van der Waals surface area contributed by atoms with E-state index in [0.29, 0.717) is 0 Å². The molecule has 5 heteroatoms. The van der Waals surface area contributed by atoms with Gasteiger partial charge in [0.25, 0.3) is 0 Å². The molecule has 0 saturated heterocycles. The second-order valence-corrected chi connectivity index (χ2v) is 8.90. The SMILES string of the molecule is CC(C)(C)Nc1c(-c2ccc(C#Cc3ccsc3)s2)nc2ccccn12. The quantitative estimate of drug-likeness (QED) is 0.452. The van der Waals surface area contributed by atoms with Gasteiger partial charge in [0.15, 0.2) is 0 Å². The molecule has 130 valence electrons. The second-order valence-electron chi connectivity index (χ2n) is 7.04. The number of nitrogens with one attached hydrogen (secondary N) is 1. The van der Waals surface area contributed by atoms with Crippen molar-refractivity contribution < 1.29 is 0 Å². The van der Waals surface area contributed by atoms with E-state index < -0.39 is 0 Å². The lowest BCUT2D eigenvalue weighted by Crippen LogP contribution is -2.27. The fourth-order valence-electron chi connectivity index (χ4n) is 2.64. The first kappa shape index (κ1) is 16.9. The molecule has 4 heterocycles. The summed E-state index contributed by atoms with van der Waals surface area (Å²) in [6, 6.07) is 12.3. The predicted molar refractivity (Wildman–Crippen MR) is 112 cm³/mol. The second kappa shape index (κ2) is 6.64. The Kier molecular flexibility index (Phi) is 4.31. The number of fused-ring (bicyclic) bond motifs is 1. The van der Waals surface area contributed by atoms with Crippen molar-refractivity contribution in [3.63, 3.8) is 0 Å². The van der Waals surface area contributed by atoms with Crippen molar-refractivity contribution in [1.29, 1.82) is 0 Å². The summed E-state index contributed by atoms with van der Waals surface area (Å²) in [4.78, 5) is 7.02. The van der Waals surface area contributed by atoms with Crippen molar-refractivity contribution in [3.8, 4) is 22.4 Å². The average molecular weight is 378 g/mol. The molecule has 0 saturated carbocycles. The third-order valence-corrected chi connectivity index (χ3v) is 5.40. The summed E-state index contributed by atoms with van der Waals surface area (Å²) < 4.78 is 2.11. The van der Waals surface area contributed by atoms with Crippen LogP contribution in [0.4, 0.5) is 5.82 Å². The van der Waals surface area contributed by atoms with E-state index in [4.69, 9.17) is 4.98 Å². The van der Waals surface area contributed by atoms with Gasteiger partial charge in [-0.2, -0.15) is 11.3 Å². The van der Waals surface area contributed by atoms with Crippen LogP contribution in [-0.2, 0) is 0 Å². The number of anilines is 1. The van der Waals surface area contributed by atoms with Gasteiger partial charge in [-0.25, -0.2) is 4.98 Å². The number of imidazole rings is 1. The molecular formula is C21H19N3S2. The zero-order valence-corrected chi connectivity index (χ0v) is 16.5. The molecule has 0 aliphatic rings. The third-order valence-electron chi connectivity index (χ3n) is 3.71. The summed E-state index contributed by atoms with van der Waals surface area (Å²) in [7, 11) is 0. The molecule has 0 fully saturated rings. The van der Waals surface area contributed by atoms with Crippen LogP contribution >= 0.6 is 22.7 Å². The lowest BCUT2D eigenvalue weighted by Gasteiger charge is -2.22. The van der Waals surface area contributed by atoms with Crippen molar-refractivity contribution >= 4 is 34.1 Å². The number of rotatable bonds is 2. The van der Waals surface area contributed by atoms with Gasteiger partial charge in [-0.15, -0.1) is 11.3 Å². The number of hydrogen-bond donors (Lipinski definition) is 1. The number of aromatic nitrogens is 2. The smallest absolute Gasteiger partial charge is 0.140 e. The van der Waals surface area contributed by atoms with E-state index in [2.05, 4.69) is 59.8 Å². The summed E-state index contributed by atoms with van der Waals surface area (Å²) in [5.74, 6) is 7.49. The fraction of sp³-hybridized carbons (Fsp3) is 0.190. The summed E-state index contributed by atoms with van der Waals surface area (Å²) in [5.41, 5.74) is 2.92. The molecule has 26 heavy (non-hydrogen) atoms. The van der Waals surface area contributed by atoms with Crippen molar-refractivity contribution in [1.82, 2.24) is 9.38 Å². The van der Waals surface area contributed by atoms with Gasteiger partial charge in [0.05, 0.1) is 9.75 Å². The highest BCUT2D eigenvalue weighted by Crippen LogP contribution is 2.35. The van der Waals surface area contributed by atoms with Crippen LogP contribution in [0.25, 0.3) is 16.2 Å². The third kappa shape index (κ3) is 3.52. The molecule has 0 aliphatic carbocycles. The first-order valence-corrected chi connectivity index (χ1v) is 10.2. The molecule has 4 aromatic rings. The molecular weight excluding hydrogens is 358 g/mol. The molecule has 3 nitrogen and oxygen atoms in total. The van der Waals surface area contributed by atoms with E-state index in [1.54, 1.807) is 22.7 Å². The highest BCUT2D eigenvalue weighted by molar-refractivity contribution is 7.16. The minimum absolute atomic E-state index is 0.0562. The fourth-order valence-corrected chi connectivity index (χ4v) is 4.08. The number of nitrogens with zero attached hydrogens (tertiary/aromatic N) is 2. The zero-order chi connectivity index (χ0) is 18.1. The Hall–Kier alpha value is -2.55. The minimum Gasteiger partial charge on any atom is -0.365 e. The molecule has 0 amide bonds. The van der Waals surface area contributed by atoms with Gasteiger partial charge >= 0.3 is 0 Å². The van der Waals surface area contributed by atoms with Gasteiger partial charge in [-0.1, -0.05) is 17.9 Å². The van der Waals surface area contributed by atoms with Gasteiger partial charge in [-0.3, -0.25) is 4.40 Å². The van der Waals surface area contributed by atoms with Crippen LogP contribution in [0.1, 0.15) is 31.2 Å². The van der Waals surface area contributed by atoms with Gasteiger partial charge in [0, 0.05) is 22.7 Å². The van der Waals surface area contributed by atoms with Crippen LogP contribution < -0.4 is 5.32 Å². The van der Waals surface area contributed by atoms with E-state index in [1.165, 1.54) is 0 Å². The Bertz CT molecular complexity index is 1100. The molecule has 0 radical (unpaired) electrons. The molecule has 4 aromatic heterocycles. The maximum atomic E-state index is 4.85. The van der Waals surface area contributed by atoms with Crippen molar-refractivity contribution in [2.75, 3.05) is 5.32 Å². The summed E-state index contributed by atoms with van der Waals surface area (Å²) >= 11 is 3.34. The van der Waals surface area contributed by atoms with E-state index in [1.807, 2.05) is 35.8 Å². The maximum Gasteiger partial charge on any atom is 0.140 e. The van der Waals surface area contributed by atoms with Crippen molar-refractivity contribution in [2.24, 2.45) is 0 Å². The van der Waals surface area contributed by atoms with Gasteiger partial charge in [-0.05, 0) is 56.5 Å². The lowest BCUT2D eigenvalue weighted by atomic mass is 10.1. The van der Waals surface area contributed by atoms with Crippen LogP contribution in [-0.4, -0.2) is 14.9 Å². The highest BCUT2D eigenvalue weighted by Gasteiger charge is 2.20. The van der Waals surface area contributed by atoms with Gasteiger partial charge in [0.1, 0.15) is 17.2 Å². The molecule has 0 atom stereocenters. The Balaban J connectivity index is 1.76. The largest absolute Gasteiger partial charge is 0.365 e. The van der Waals surface area contributed by atoms with Crippen molar-refractivity contribution in [3.05, 3.63) is 63.8 Å². The normalized spacial score (nSPS) is 11.3. The van der Waals surface area contributed by atoms with Crippen LogP contribution in [0.5, 0.6) is 0 Å². The topological polar surface area (TPSA) is 29.3 Å². The summed E-state index contributed by atoms with van der Waals surface area (Å²) in [6.45, 7) is 6.47. The van der Waals surface area contributed by atoms with Crippen LogP contribution in [0, 0.1) is 11.8 Å². The Labute approximate surface area is 161 Å². The maximum absolute atomic E-state index is 4.85. The Morgan fingerprint density at radius 3 is 2.73 bits per heavy atom. The lowest BCUT2D eigenvalue weighted by molar-refractivity contribution is 0.630. The van der Waals surface area contributed by atoms with E-state index in [0.717, 1.165) is 32.5 Å². The first-order valence-electron chi connectivity index (χ1n) is 8.39. The van der Waals surface area contributed by atoms with E-state index in [9.17, 15) is 0 Å². The summed E-state index contributed by atoms with van der Waals surface area (Å²) in [6.07, 6.45) is 2.05. The zero-order valence-electron chi connectivity index (χ0n) is 14.9. The number of thiophene rings is 2. The molecule has 0 spiro atoms. The number of pyridine rings is 1. The highest BCUT2D eigenvalue weighted by atomic mass is 32.1. The van der Waals surface area contributed by atoms with E-state index in [-0.39, 0.29) is 5.54 Å². The minimum atomic E-state index is -0.0562. The van der Waals surface area contributed by atoms with Crippen LogP contribution in [0.2, 0.25) is 0 Å². The average Bonchev–Trinajstić information content (AvgIpc) is 3.32.